The zero-order valence-electron chi connectivity index (χ0n) is 12.1. The summed E-state index contributed by atoms with van der Waals surface area (Å²) in [5.41, 5.74) is 6.41. The predicted octanol–water partition coefficient (Wildman–Crippen LogP) is 3.83. The molecule has 0 saturated heterocycles. The number of nitrogens with two attached hydrogens (primary N) is 1. The van der Waals surface area contributed by atoms with Gasteiger partial charge in [-0.15, -0.1) is 0 Å². The van der Waals surface area contributed by atoms with Crippen molar-refractivity contribution in [2.75, 3.05) is 17.7 Å². The third-order valence-electron chi connectivity index (χ3n) is 2.95. The van der Waals surface area contributed by atoms with Gasteiger partial charge in [-0.3, -0.25) is 0 Å². The average Bonchev–Trinajstić information content (AvgIpc) is 2.49. The predicted molar refractivity (Wildman–Crippen MR) is 81.5 cm³/mol. The van der Waals surface area contributed by atoms with Gasteiger partial charge in [-0.1, -0.05) is 23.7 Å². The second-order valence-corrected chi connectivity index (χ2v) is 5.14. The van der Waals surface area contributed by atoms with E-state index in [9.17, 15) is 13.2 Å². The first-order chi connectivity index (χ1) is 10.8. The molecule has 2 aromatic rings. The van der Waals surface area contributed by atoms with Crippen molar-refractivity contribution in [2.24, 2.45) is 0 Å². The van der Waals surface area contributed by atoms with Gasteiger partial charge in [-0.2, -0.15) is 13.2 Å². The van der Waals surface area contributed by atoms with Crippen LogP contribution in [0.25, 0.3) is 0 Å². The summed E-state index contributed by atoms with van der Waals surface area (Å²) < 4.78 is 40.9. The summed E-state index contributed by atoms with van der Waals surface area (Å²) in [6, 6.07) is 6.05. The monoisotopic (exact) mass is 346 g/mol. The van der Waals surface area contributed by atoms with Crippen molar-refractivity contribution in [3.05, 3.63) is 41.2 Å². The van der Waals surface area contributed by atoms with Crippen LogP contribution in [0.3, 0.4) is 0 Å². The largest absolute Gasteiger partial charge is 0.484 e. The number of nitrogen functional groups attached to an aromatic ring is 1. The number of hydrogen-bond donors (Lipinski definition) is 2. The number of halogens is 4. The molecular formula is C14H14ClF3N4O. The molecule has 0 saturated carbocycles. The molecule has 9 heteroatoms. The molecule has 23 heavy (non-hydrogen) atoms. The first-order valence-corrected chi connectivity index (χ1v) is 6.96. The van der Waals surface area contributed by atoms with Crippen molar-refractivity contribution in [1.29, 1.82) is 0 Å². The fourth-order valence-corrected chi connectivity index (χ4v) is 1.94. The van der Waals surface area contributed by atoms with Gasteiger partial charge in [0.2, 0.25) is 0 Å². The summed E-state index contributed by atoms with van der Waals surface area (Å²) >= 11 is 5.99. The molecule has 0 aliphatic heterocycles. The Hall–Kier alpha value is -2.22. The van der Waals surface area contributed by atoms with Gasteiger partial charge in [-0.05, 0) is 24.6 Å². The van der Waals surface area contributed by atoms with Gasteiger partial charge in [-0.25, -0.2) is 9.97 Å². The minimum Gasteiger partial charge on any atom is -0.484 e. The number of rotatable bonds is 5. The first kappa shape index (κ1) is 17.1. The molecule has 2 rings (SSSR count). The minimum absolute atomic E-state index is 0.141. The maximum Gasteiger partial charge on any atom is 0.422 e. The Morgan fingerprint density at radius 2 is 1.91 bits per heavy atom. The topological polar surface area (TPSA) is 73.1 Å². The molecule has 3 N–H and O–H groups in total. The van der Waals surface area contributed by atoms with E-state index in [1.165, 1.54) is 18.5 Å². The van der Waals surface area contributed by atoms with E-state index < -0.39 is 12.8 Å². The standard InChI is InChI=1S/C14H14ClF3N4O/c1-8(22-13-11(15)12(19)20-7-21-13)9-2-4-10(5-3-9)23-6-14(16,17)18/h2-5,7-8H,6H2,1H3,(H3,19,20,21,22). The SMILES string of the molecule is CC(Nc1ncnc(N)c1Cl)c1ccc(OCC(F)(F)F)cc1. The molecule has 5 nitrogen and oxygen atoms in total. The van der Waals surface area contributed by atoms with Gasteiger partial charge in [0.25, 0.3) is 0 Å². The summed E-state index contributed by atoms with van der Waals surface area (Å²) in [5.74, 6) is 0.680. The number of benzene rings is 1. The lowest BCUT2D eigenvalue weighted by Gasteiger charge is -2.16. The highest BCUT2D eigenvalue weighted by Gasteiger charge is 2.28. The van der Waals surface area contributed by atoms with Gasteiger partial charge in [0.05, 0.1) is 0 Å². The Balaban J connectivity index is 2.02. The van der Waals surface area contributed by atoms with Gasteiger partial charge in [0.1, 0.15) is 22.9 Å². The lowest BCUT2D eigenvalue weighted by molar-refractivity contribution is -0.153. The summed E-state index contributed by atoms with van der Waals surface area (Å²) in [6.07, 6.45) is -3.08. The number of alkyl halides is 3. The Kier molecular flexibility index (Phi) is 5.15. The van der Waals surface area contributed by atoms with Crippen LogP contribution in [0.4, 0.5) is 24.8 Å². The maximum absolute atomic E-state index is 12.1. The number of aromatic nitrogens is 2. The average molecular weight is 347 g/mol. The van der Waals surface area contributed by atoms with E-state index in [4.69, 9.17) is 17.3 Å². The molecule has 1 aromatic heterocycles. The summed E-state index contributed by atoms with van der Waals surface area (Å²) in [5, 5.41) is 3.27. The van der Waals surface area contributed by atoms with E-state index in [2.05, 4.69) is 20.0 Å². The molecule has 0 bridgehead atoms. The highest BCUT2D eigenvalue weighted by atomic mass is 35.5. The van der Waals surface area contributed by atoms with E-state index in [0.29, 0.717) is 5.82 Å². The highest BCUT2D eigenvalue weighted by Crippen LogP contribution is 2.28. The van der Waals surface area contributed by atoms with Crippen LogP contribution >= 0.6 is 11.6 Å². The molecule has 0 fully saturated rings. The molecule has 0 aliphatic rings. The maximum atomic E-state index is 12.1. The third kappa shape index (κ3) is 4.88. The Labute approximate surface area is 135 Å². The zero-order chi connectivity index (χ0) is 17.0. The molecule has 0 spiro atoms. The van der Waals surface area contributed by atoms with E-state index >= 15 is 0 Å². The van der Waals surface area contributed by atoms with Crippen molar-refractivity contribution in [2.45, 2.75) is 19.1 Å². The van der Waals surface area contributed by atoms with Gasteiger partial charge in [0, 0.05) is 6.04 Å². The van der Waals surface area contributed by atoms with Crippen molar-refractivity contribution in [3.8, 4) is 5.75 Å². The summed E-state index contributed by atoms with van der Waals surface area (Å²) in [6.45, 7) is 0.524. The number of ether oxygens (including phenoxy) is 1. The van der Waals surface area contributed by atoms with Crippen LogP contribution in [-0.4, -0.2) is 22.8 Å². The van der Waals surface area contributed by atoms with Crippen LogP contribution in [0, 0.1) is 0 Å². The van der Waals surface area contributed by atoms with Crippen LogP contribution < -0.4 is 15.8 Å². The number of anilines is 2. The molecule has 1 heterocycles. The molecule has 0 radical (unpaired) electrons. The first-order valence-electron chi connectivity index (χ1n) is 6.58. The van der Waals surface area contributed by atoms with Gasteiger partial charge < -0.3 is 15.8 Å². The van der Waals surface area contributed by atoms with Crippen molar-refractivity contribution in [1.82, 2.24) is 9.97 Å². The Bertz CT molecular complexity index is 664. The summed E-state index contributed by atoms with van der Waals surface area (Å²) in [4.78, 5) is 7.75. The number of nitrogens with zero attached hydrogens (tertiary/aromatic N) is 2. The molecule has 0 amide bonds. The van der Waals surface area contributed by atoms with Crippen LogP contribution in [-0.2, 0) is 0 Å². The van der Waals surface area contributed by atoms with E-state index in [-0.39, 0.29) is 22.6 Å². The van der Waals surface area contributed by atoms with E-state index in [0.717, 1.165) is 5.56 Å². The second-order valence-electron chi connectivity index (χ2n) is 4.76. The van der Waals surface area contributed by atoms with Crippen molar-refractivity contribution < 1.29 is 17.9 Å². The molecule has 1 unspecified atom stereocenters. The fourth-order valence-electron chi connectivity index (χ4n) is 1.79. The van der Waals surface area contributed by atoms with Crippen LogP contribution in [0.15, 0.2) is 30.6 Å². The van der Waals surface area contributed by atoms with E-state index in [1.54, 1.807) is 12.1 Å². The zero-order valence-corrected chi connectivity index (χ0v) is 12.8. The minimum atomic E-state index is -4.36. The Morgan fingerprint density at radius 1 is 1.26 bits per heavy atom. The lowest BCUT2D eigenvalue weighted by Crippen LogP contribution is -2.19. The number of hydrogen-bond acceptors (Lipinski definition) is 5. The third-order valence-corrected chi connectivity index (χ3v) is 3.32. The van der Waals surface area contributed by atoms with Crippen LogP contribution in [0.5, 0.6) is 5.75 Å². The molecule has 1 aromatic carbocycles. The molecule has 1 atom stereocenters. The van der Waals surface area contributed by atoms with Gasteiger partial charge in [0.15, 0.2) is 12.4 Å². The van der Waals surface area contributed by atoms with Crippen molar-refractivity contribution >= 4 is 23.2 Å². The normalized spacial score (nSPS) is 12.7. The molecular weight excluding hydrogens is 333 g/mol. The fraction of sp³-hybridized carbons (Fsp3) is 0.286. The summed E-state index contributed by atoms with van der Waals surface area (Å²) in [7, 11) is 0. The van der Waals surface area contributed by atoms with Gasteiger partial charge >= 0.3 is 6.18 Å². The molecule has 0 aliphatic carbocycles. The lowest BCUT2D eigenvalue weighted by atomic mass is 10.1. The highest BCUT2D eigenvalue weighted by molar-refractivity contribution is 6.35. The molecule has 124 valence electrons. The smallest absolute Gasteiger partial charge is 0.422 e. The second kappa shape index (κ2) is 6.91. The van der Waals surface area contributed by atoms with Crippen molar-refractivity contribution in [3.63, 3.8) is 0 Å². The van der Waals surface area contributed by atoms with Crippen LogP contribution in [0.1, 0.15) is 18.5 Å². The van der Waals surface area contributed by atoms with Crippen LogP contribution in [0.2, 0.25) is 5.02 Å². The quantitative estimate of drug-likeness (QED) is 0.860. The van der Waals surface area contributed by atoms with E-state index in [1.807, 2.05) is 6.92 Å². The number of nitrogens with one attached hydrogen (secondary N) is 1. The Morgan fingerprint density at radius 3 is 2.52 bits per heavy atom.